The van der Waals surface area contributed by atoms with Crippen molar-refractivity contribution in [3.05, 3.63) is 29.8 Å². The summed E-state index contributed by atoms with van der Waals surface area (Å²) in [5.74, 6) is -2.78. The van der Waals surface area contributed by atoms with E-state index in [0.717, 1.165) is 24.3 Å². The largest absolute Gasteiger partial charge is 0.573 e. The number of aliphatic hydroxyl groups is 1. The van der Waals surface area contributed by atoms with Crippen LogP contribution in [-0.4, -0.2) is 41.1 Å². The Balaban J connectivity index is 2.73. The summed E-state index contributed by atoms with van der Waals surface area (Å²) in [4.78, 5) is 22.2. The third-order valence-electron chi connectivity index (χ3n) is 2.14. The van der Waals surface area contributed by atoms with E-state index in [4.69, 9.17) is 10.2 Å². The van der Waals surface area contributed by atoms with Crippen molar-refractivity contribution in [2.24, 2.45) is 0 Å². The van der Waals surface area contributed by atoms with Crippen LogP contribution >= 0.6 is 0 Å². The number of hydrogen-bond acceptors (Lipinski definition) is 4. The Morgan fingerprint density at radius 1 is 1.25 bits per heavy atom. The Labute approximate surface area is 110 Å². The summed E-state index contributed by atoms with van der Waals surface area (Å²) >= 11 is 0. The fraction of sp³-hybridized carbons (Fsp3) is 0.273. The highest BCUT2D eigenvalue weighted by Gasteiger charge is 2.31. The molecule has 110 valence electrons. The van der Waals surface area contributed by atoms with Crippen LogP contribution in [0.25, 0.3) is 0 Å². The van der Waals surface area contributed by atoms with Crippen LogP contribution in [0.1, 0.15) is 10.4 Å². The Morgan fingerprint density at radius 3 is 2.20 bits per heavy atom. The molecular weight excluding hydrogens is 283 g/mol. The molecule has 1 aromatic rings. The number of alkyl halides is 3. The zero-order valence-corrected chi connectivity index (χ0v) is 9.85. The summed E-state index contributed by atoms with van der Waals surface area (Å²) in [7, 11) is 0. The fourth-order valence-electron chi connectivity index (χ4n) is 1.24. The van der Waals surface area contributed by atoms with E-state index in [-0.39, 0.29) is 5.56 Å². The number of aliphatic carboxylic acids is 1. The van der Waals surface area contributed by atoms with Gasteiger partial charge in [-0.3, -0.25) is 4.79 Å². The van der Waals surface area contributed by atoms with Gasteiger partial charge in [0.05, 0.1) is 6.61 Å². The van der Waals surface area contributed by atoms with Gasteiger partial charge in [-0.1, -0.05) is 0 Å². The summed E-state index contributed by atoms with van der Waals surface area (Å²) in [6.45, 7) is -0.809. The molecule has 0 radical (unpaired) electrons. The van der Waals surface area contributed by atoms with Crippen molar-refractivity contribution in [3.63, 3.8) is 0 Å². The zero-order valence-electron chi connectivity index (χ0n) is 9.85. The SMILES string of the molecule is O=C(N[C@@H](CO)C(=O)O)c1ccc(OC(F)(F)F)cc1. The smallest absolute Gasteiger partial charge is 0.480 e. The third kappa shape index (κ3) is 4.76. The summed E-state index contributed by atoms with van der Waals surface area (Å²) in [5, 5.41) is 19.3. The Morgan fingerprint density at radius 2 is 1.80 bits per heavy atom. The Hall–Kier alpha value is -2.29. The van der Waals surface area contributed by atoms with Crippen LogP contribution in [0.2, 0.25) is 0 Å². The van der Waals surface area contributed by atoms with E-state index >= 15 is 0 Å². The molecule has 0 aromatic heterocycles. The van der Waals surface area contributed by atoms with Gasteiger partial charge < -0.3 is 20.3 Å². The molecule has 9 heteroatoms. The number of carbonyl (C=O) groups excluding carboxylic acids is 1. The van der Waals surface area contributed by atoms with Gasteiger partial charge in [-0.25, -0.2) is 4.79 Å². The standard InChI is InChI=1S/C11H10F3NO5/c12-11(13,14)20-7-3-1-6(2-4-7)9(17)15-8(5-16)10(18)19/h1-4,8,16H,5H2,(H,15,17)(H,18,19)/t8-/m0/s1. The molecule has 20 heavy (non-hydrogen) atoms. The molecule has 0 heterocycles. The van der Waals surface area contributed by atoms with E-state index in [1.54, 1.807) is 0 Å². The van der Waals surface area contributed by atoms with E-state index < -0.39 is 36.6 Å². The molecule has 0 unspecified atom stereocenters. The topological polar surface area (TPSA) is 95.9 Å². The molecular formula is C11H10F3NO5. The zero-order chi connectivity index (χ0) is 15.3. The van der Waals surface area contributed by atoms with Crippen LogP contribution in [-0.2, 0) is 4.79 Å². The minimum atomic E-state index is -4.84. The minimum Gasteiger partial charge on any atom is -0.480 e. The molecule has 1 atom stereocenters. The lowest BCUT2D eigenvalue weighted by atomic mass is 10.2. The first-order valence-electron chi connectivity index (χ1n) is 5.23. The fourth-order valence-corrected chi connectivity index (χ4v) is 1.24. The molecule has 0 saturated carbocycles. The summed E-state index contributed by atoms with van der Waals surface area (Å²) in [6, 6.07) is 2.40. The second-order valence-electron chi connectivity index (χ2n) is 3.62. The van der Waals surface area contributed by atoms with E-state index in [0.29, 0.717) is 0 Å². The average molecular weight is 293 g/mol. The molecule has 1 amide bonds. The predicted molar refractivity (Wildman–Crippen MR) is 59.1 cm³/mol. The van der Waals surface area contributed by atoms with Crippen molar-refractivity contribution in [2.75, 3.05) is 6.61 Å². The number of hydrogen-bond donors (Lipinski definition) is 3. The molecule has 0 saturated heterocycles. The van der Waals surface area contributed by atoms with Crippen molar-refractivity contribution >= 4 is 11.9 Å². The van der Waals surface area contributed by atoms with Crippen LogP contribution in [0.15, 0.2) is 24.3 Å². The molecule has 3 N–H and O–H groups in total. The summed E-state index contributed by atoms with van der Waals surface area (Å²) in [6.07, 6.45) is -4.84. The second kappa shape index (κ2) is 6.24. The Bertz CT molecular complexity index is 486. The van der Waals surface area contributed by atoms with Gasteiger partial charge in [-0.15, -0.1) is 13.2 Å². The quantitative estimate of drug-likeness (QED) is 0.745. The number of carboxylic acids is 1. The number of benzene rings is 1. The summed E-state index contributed by atoms with van der Waals surface area (Å²) < 4.78 is 39.3. The highest BCUT2D eigenvalue weighted by molar-refractivity contribution is 5.96. The molecule has 0 aliphatic carbocycles. The molecule has 0 aliphatic rings. The van der Waals surface area contributed by atoms with E-state index in [1.165, 1.54) is 0 Å². The lowest BCUT2D eigenvalue weighted by Crippen LogP contribution is -2.43. The monoisotopic (exact) mass is 293 g/mol. The van der Waals surface area contributed by atoms with Gasteiger partial charge in [-0.2, -0.15) is 0 Å². The van der Waals surface area contributed by atoms with Crippen LogP contribution in [0.4, 0.5) is 13.2 Å². The van der Waals surface area contributed by atoms with Crippen molar-refractivity contribution in [1.82, 2.24) is 5.32 Å². The lowest BCUT2D eigenvalue weighted by Gasteiger charge is -2.12. The first-order valence-corrected chi connectivity index (χ1v) is 5.23. The van der Waals surface area contributed by atoms with Crippen molar-refractivity contribution < 1.29 is 37.7 Å². The van der Waals surface area contributed by atoms with Crippen molar-refractivity contribution in [3.8, 4) is 5.75 Å². The second-order valence-corrected chi connectivity index (χ2v) is 3.62. The number of halogens is 3. The maximum absolute atomic E-state index is 11.9. The number of carboxylic acid groups (broad SMARTS) is 1. The minimum absolute atomic E-state index is 0.0702. The molecule has 1 aromatic carbocycles. The first-order chi connectivity index (χ1) is 9.23. The van der Waals surface area contributed by atoms with Gasteiger partial charge >= 0.3 is 12.3 Å². The number of ether oxygens (including phenoxy) is 1. The molecule has 0 fully saturated rings. The van der Waals surface area contributed by atoms with Crippen LogP contribution in [0.3, 0.4) is 0 Å². The maximum Gasteiger partial charge on any atom is 0.573 e. The number of rotatable bonds is 5. The number of nitrogens with one attached hydrogen (secondary N) is 1. The predicted octanol–water partition coefficient (Wildman–Crippen LogP) is 0.760. The molecule has 0 bridgehead atoms. The molecule has 6 nitrogen and oxygen atoms in total. The third-order valence-corrected chi connectivity index (χ3v) is 2.14. The normalized spacial score (nSPS) is 12.6. The number of carbonyl (C=O) groups is 2. The van der Waals surface area contributed by atoms with Gasteiger partial charge in [0.15, 0.2) is 6.04 Å². The van der Waals surface area contributed by atoms with Gasteiger partial charge in [0.2, 0.25) is 0 Å². The van der Waals surface area contributed by atoms with Gasteiger partial charge in [-0.05, 0) is 24.3 Å². The molecule has 0 aliphatic heterocycles. The van der Waals surface area contributed by atoms with E-state index in [9.17, 15) is 22.8 Å². The van der Waals surface area contributed by atoms with Gasteiger partial charge in [0, 0.05) is 5.56 Å². The number of aliphatic hydroxyl groups excluding tert-OH is 1. The Kier molecular flexibility index (Phi) is 4.92. The van der Waals surface area contributed by atoms with Crippen LogP contribution in [0.5, 0.6) is 5.75 Å². The van der Waals surface area contributed by atoms with Gasteiger partial charge in [0.1, 0.15) is 5.75 Å². The van der Waals surface area contributed by atoms with Crippen LogP contribution < -0.4 is 10.1 Å². The van der Waals surface area contributed by atoms with E-state index in [1.807, 2.05) is 5.32 Å². The summed E-state index contributed by atoms with van der Waals surface area (Å²) in [5.41, 5.74) is -0.0702. The molecule has 1 rings (SSSR count). The highest BCUT2D eigenvalue weighted by atomic mass is 19.4. The van der Waals surface area contributed by atoms with Crippen molar-refractivity contribution in [2.45, 2.75) is 12.4 Å². The molecule has 0 spiro atoms. The number of amides is 1. The van der Waals surface area contributed by atoms with Crippen molar-refractivity contribution in [1.29, 1.82) is 0 Å². The maximum atomic E-state index is 11.9. The first kappa shape index (κ1) is 15.8. The van der Waals surface area contributed by atoms with Gasteiger partial charge in [0.25, 0.3) is 5.91 Å². The van der Waals surface area contributed by atoms with Crippen LogP contribution in [0, 0.1) is 0 Å². The average Bonchev–Trinajstić information content (AvgIpc) is 2.34. The van der Waals surface area contributed by atoms with E-state index in [2.05, 4.69) is 4.74 Å². The highest BCUT2D eigenvalue weighted by Crippen LogP contribution is 2.22. The lowest BCUT2D eigenvalue weighted by molar-refractivity contribution is -0.274.